The fraction of sp³-hybridized carbons (Fsp3) is 0.0870. The summed E-state index contributed by atoms with van der Waals surface area (Å²) in [6.45, 7) is 0. The van der Waals surface area contributed by atoms with Crippen LogP contribution >= 0.6 is 11.8 Å². The first-order valence-electron chi connectivity index (χ1n) is 8.60. The fourth-order valence-electron chi connectivity index (χ4n) is 3.11. The molecule has 4 heteroatoms. The number of benzene rings is 3. The van der Waals surface area contributed by atoms with Crippen LogP contribution in [-0.2, 0) is 10.5 Å². The Morgan fingerprint density at radius 3 is 1.63 bits per heavy atom. The Morgan fingerprint density at radius 1 is 0.741 bits per heavy atom. The van der Waals surface area contributed by atoms with Gasteiger partial charge in [0.15, 0.2) is 0 Å². The van der Waals surface area contributed by atoms with Crippen molar-refractivity contribution in [2.45, 2.75) is 10.6 Å². The largest absolute Gasteiger partial charge is 0.285 e. The molecule has 1 heterocycles. The zero-order valence-corrected chi connectivity index (χ0v) is 15.6. The first-order chi connectivity index (χ1) is 13.3. The van der Waals surface area contributed by atoms with Crippen LogP contribution in [0, 0.1) is 0 Å². The van der Waals surface area contributed by atoms with Crippen LogP contribution < -0.4 is 0 Å². The Bertz CT molecular complexity index is 954. The quantitative estimate of drug-likeness (QED) is 0.614. The van der Waals surface area contributed by atoms with Crippen molar-refractivity contribution in [3.05, 3.63) is 102 Å². The lowest BCUT2D eigenvalue weighted by atomic mass is 10.0. The number of thioether (sulfide) groups is 1. The summed E-state index contributed by atoms with van der Waals surface area (Å²) in [4.78, 5) is 22.8. The summed E-state index contributed by atoms with van der Waals surface area (Å²) in [6.07, 6.45) is 4.12. The SMILES string of the molecule is CSc1ccc(C2([C]=O)N=C(c3ccccc3)C(c3ccccc3)=N2)cc1. The molecule has 0 aliphatic carbocycles. The molecule has 3 aromatic carbocycles. The molecule has 0 amide bonds. The van der Waals surface area contributed by atoms with E-state index in [2.05, 4.69) is 6.29 Å². The molecule has 0 spiro atoms. The van der Waals surface area contributed by atoms with Gasteiger partial charge in [-0.1, -0.05) is 72.8 Å². The van der Waals surface area contributed by atoms with Crippen molar-refractivity contribution in [2.75, 3.05) is 6.26 Å². The highest BCUT2D eigenvalue weighted by molar-refractivity contribution is 7.98. The minimum absolute atomic E-state index is 0.707. The van der Waals surface area contributed by atoms with Crippen molar-refractivity contribution >= 4 is 29.5 Å². The van der Waals surface area contributed by atoms with Crippen molar-refractivity contribution in [1.29, 1.82) is 0 Å². The summed E-state index contributed by atoms with van der Waals surface area (Å²) < 4.78 is 0. The molecule has 3 nitrogen and oxygen atoms in total. The van der Waals surface area contributed by atoms with Gasteiger partial charge < -0.3 is 0 Å². The molecule has 4 rings (SSSR count). The molecule has 0 saturated heterocycles. The van der Waals surface area contributed by atoms with E-state index in [-0.39, 0.29) is 0 Å². The third-order valence-corrected chi connectivity index (χ3v) is 5.24. The van der Waals surface area contributed by atoms with E-state index in [9.17, 15) is 4.79 Å². The molecule has 131 valence electrons. The maximum atomic E-state index is 12.1. The van der Waals surface area contributed by atoms with E-state index >= 15 is 0 Å². The van der Waals surface area contributed by atoms with E-state index in [0.717, 1.165) is 21.6 Å². The topological polar surface area (TPSA) is 41.8 Å². The molecule has 0 saturated carbocycles. The zero-order chi connectivity index (χ0) is 18.7. The van der Waals surface area contributed by atoms with Gasteiger partial charge in [-0.05, 0) is 18.4 Å². The maximum Gasteiger partial charge on any atom is 0.257 e. The highest BCUT2D eigenvalue weighted by Crippen LogP contribution is 2.34. The molecular weight excluding hydrogens is 352 g/mol. The van der Waals surface area contributed by atoms with E-state index in [1.807, 2.05) is 91.2 Å². The first kappa shape index (κ1) is 17.4. The van der Waals surface area contributed by atoms with Crippen LogP contribution in [-0.4, -0.2) is 24.0 Å². The molecule has 27 heavy (non-hydrogen) atoms. The summed E-state index contributed by atoms with van der Waals surface area (Å²) >= 11 is 1.65. The smallest absolute Gasteiger partial charge is 0.257 e. The zero-order valence-electron chi connectivity index (χ0n) is 14.8. The van der Waals surface area contributed by atoms with Crippen LogP contribution in [0.2, 0.25) is 0 Å². The van der Waals surface area contributed by atoms with Gasteiger partial charge in [0.2, 0.25) is 5.66 Å². The number of rotatable bonds is 5. The predicted octanol–water partition coefficient (Wildman–Crippen LogP) is 4.66. The van der Waals surface area contributed by atoms with E-state index in [1.165, 1.54) is 0 Å². The Balaban J connectivity index is 1.90. The standard InChI is InChI=1S/C23H17N2OS/c1-27-20-14-12-19(13-15-20)23(16-26)24-21(17-8-4-2-5-9-17)22(25-23)18-10-6-3-7-11-18/h2-15H,1H3. The van der Waals surface area contributed by atoms with Gasteiger partial charge in [-0.3, -0.25) is 4.79 Å². The van der Waals surface area contributed by atoms with E-state index in [1.54, 1.807) is 11.8 Å². The number of aliphatic imine (C=N–C) groups is 2. The fourth-order valence-corrected chi connectivity index (χ4v) is 3.51. The minimum atomic E-state index is -1.37. The Kier molecular flexibility index (Phi) is 4.73. The van der Waals surface area contributed by atoms with Gasteiger partial charge in [0.05, 0.1) is 11.4 Å². The van der Waals surface area contributed by atoms with Gasteiger partial charge >= 0.3 is 0 Å². The van der Waals surface area contributed by atoms with Gasteiger partial charge in [-0.25, -0.2) is 9.98 Å². The second kappa shape index (κ2) is 7.33. The lowest BCUT2D eigenvalue weighted by Crippen LogP contribution is -2.21. The Labute approximate surface area is 162 Å². The molecular formula is C23H17N2OS. The number of nitrogens with zero attached hydrogens (tertiary/aromatic N) is 2. The van der Waals surface area contributed by atoms with Crippen LogP contribution in [0.5, 0.6) is 0 Å². The van der Waals surface area contributed by atoms with Crippen molar-refractivity contribution in [3.63, 3.8) is 0 Å². The molecule has 0 aromatic heterocycles. The van der Waals surface area contributed by atoms with Crippen molar-refractivity contribution in [1.82, 2.24) is 0 Å². The van der Waals surface area contributed by atoms with E-state index in [0.29, 0.717) is 11.4 Å². The molecule has 0 atom stereocenters. The van der Waals surface area contributed by atoms with Crippen LogP contribution in [0.4, 0.5) is 0 Å². The van der Waals surface area contributed by atoms with Crippen molar-refractivity contribution in [3.8, 4) is 0 Å². The average molecular weight is 369 g/mol. The third kappa shape index (κ3) is 3.24. The van der Waals surface area contributed by atoms with Crippen LogP contribution in [0.25, 0.3) is 0 Å². The molecule has 0 bridgehead atoms. The minimum Gasteiger partial charge on any atom is -0.285 e. The molecule has 0 unspecified atom stereocenters. The van der Waals surface area contributed by atoms with Crippen LogP contribution in [0.15, 0.2) is 99.8 Å². The van der Waals surface area contributed by atoms with E-state index in [4.69, 9.17) is 9.98 Å². The highest BCUT2D eigenvalue weighted by Gasteiger charge is 2.39. The Morgan fingerprint density at radius 2 is 1.22 bits per heavy atom. The number of carbonyl (C=O) groups excluding carboxylic acids is 1. The van der Waals surface area contributed by atoms with Gasteiger partial charge in [-0.15, -0.1) is 11.8 Å². The maximum absolute atomic E-state index is 12.1. The normalized spacial score (nSPS) is 15.1. The summed E-state index contributed by atoms with van der Waals surface area (Å²) in [5.41, 5.74) is 2.62. The van der Waals surface area contributed by atoms with Gasteiger partial charge in [0.1, 0.15) is 0 Å². The lowest BCUT2D eigenvalue weighted by Gasteiger charge is -2.15. The summed E-state index contributed by atoms with van der Waals surface area (Å²) in [6, 6.07) is 27.4. The van der Waals surface area contributed by atoms with E-state index < -0.39 is 5.66 Å². The predicted molar refractivity (Wildman–Crippen MR) is 112 cm³/mol. The molecule has 1 aliphatic heterocycles. The first-order valence-corrected chi connectivity index (χ1v) is 9.83. The molecule has 3 aromatic rings. The molecule has 1 aliphatic rings. The monoisotopic (exact) mass is 369 g/mol. The summed E-state index contributed by atoms with van der Waals surface area (Å²) in [7, 11) is 0. The summed E-state index contributed by atoms with van der Waals surface area (Å²) in [5, 5.41) is 0. The second-order valence-electron chi connectivity index (χ2n) is 6.16. The van der Waals surface area contributed by atoms with Crippen LogP contribution in [0.1, 0.15) is 16.7 Å². The second-order valence-corrected chi connectivity index (χ2v) is 7.04. The molecule has 0 fully saturated rings. The molecule has 0 N–H and O–H groups in total. The van der Waals surface area contributed by atoms with Crippen molar-refractivity contribution < 1.29 is 4.79 Å². The van der Waals surface area contributed by atoms with Gasteiger partial charge in [0.25, 0.3) is 6.29 Å². The Hall–Kier alpha value is -2.98. The average Bonchev–Trinajstić information content (AvgIpc) is 3.16. The summed E-state index contributed by atoms with van der Waals surface area (Å²) in [5.74, 6) is 0. The van der Waals surface area contributed by atoms with Gasteiger partial charge in [-0.2, -0.15) is 0 Å². The lowest BCUT2D eigenvalue weighted by molar-refractivity contribution is 0.505. The highest BCUT2D eigenvalue weighted by atomic mass is 32.2. The number of hydrogen-bond donors (Lipinski definition) is 0. The van der Waals surface area contributed by atoms with Gasteiger partial charge in [0, 0.05) is 21.6 Å². The molecule has 1 radical (unpaired) electrons. The number of hydrogen-bond acceptors (Lipinski definition) is 4. The van der Waals surface area contributed by atoms with Crippen molar-refractivity contribution in [2.24, 2.45) is 9.98 Å². The third-order valence-electron chi connectivity index (χ3n) is 4.50. The van der Waals surface area contributed by atoms with Crippen LogP contribution in [0.3, 0.4) is 0 Å².